The van der Waals surface area contributed by atoms with Gasteiger partial charge in [-0.2, -0.15) is 0 Å². The Bertz CT molecular complexity index is 430. The van der Waals surface area contributed by atoms with Gasteiger partial charge in [0.05, 0.1) is 11.8 Å². The predicted octanol–water partition coefficient (Wildman–Crippen LogP) is 2.18. The molecule has 0 aliphatic carbocycles. The van der Waals surface area contributed by atoms with Crippen molar-refractivity contribution < 1.29 is 19.0 Å². The summed E-state index contributed by atoms with van der Waals surface area (Å²) in [6, 6.07) is 4.87. The number of carboxylic acids is 1. The van der Waals surface area contributed by atoms with Gasteiger partial charge in [-0.1, -0.05) is 12.1 Å². The van der Waals surface area contributed by atoms with Gasteiger partial charge in [0, 0.05) is 6.54 Å². The Labute approximate surface area is 105 Å². The summed E-state index contributed by atoms with van der Waals surface area (Å²) in [5.74, 6) is -1.23. The quantitative estimate of drug-likeness (QED) is 0.863. The molecule has 0 saturated carbocycles. The molecule has 0 aromatic heterocycles. The average molecular weight is 253 g/mol. The molecular formula is C13H16FNO3. The van der Waals surface area contributed by atoms with Crippen molar-refractivity contribution in [2.75, 3.05) is 11.9 Å². The zero-order chi connectivity index (χ0) is 13.1. The first-order valence-corrected chi connectivity index (χ1v) is 5.95. The van der Waals surface area contributed by atoms with Crippen molar-refractivity contribution in [1.29, 1.82) is 0 Å². The topological polar surface area (TPSA) is 58.6 Å². The van der Waals surface area contributed by atoms with Crippen LogP contribution < -0.4 is 5.32 Å². The number of aryl methyl sites for hydroxylation is 1. The lowest BCUT2D eigenvalue weighted by Crippen LogP contribution is -2.24. The van der Waals surface area contributed by atoms with Crippen LogP contribution in [0.4, 0.5) is 10.1 Å². The normalized spacial score (nSPS) is 23.0. The molecule has 1 aromatic rings. The van der Waals surface area contributed by atoms with E-state index in [0.717, 1.165) is 5.56 Å². The van der Waals surface area contributed by atoms with Crippen LogP contribution in [-0.4, -0.2) is 29.8 Å². The van der Waals surface area contributed by atoms with Gasteiger partial charge in [-0.25, -0.2) is 9.18 Å². The molecule has 1 aliphatic heterocycles. The van der Waals surface area contributed by atoms with Gasteiger partial charge in [-0.3, -0.25) is 0 Å². The van der Waals surface area contributed by atoms with Crippen LogP contribution in [-0.2, 0) is 9.53 Å². The first kappa shape index (κ1) is 12.8. The van der Waals surface area contributed by atoms with Crippen LogP contribution in [0, 0.1) is 12.7 Å². The minimum atomic E-state index is -0.931. The molecule has 98 valence electrons. The maximum absolute atomic E-state index is 13.5. The van der Waals surface area contributed by atoms with E-state index < -0.39 is 12.1 Å². The summed E-state index contributed by atoms with van der Waals surface area (Å²) < 4.78 is 18.9. The number of rotatable bonds is 4. The van der Waals surface area contributed by atoms with E-state index in [2.05, 4.69) is 5.32 Å². The monoisotopic (exact) mass is 253 g/mol. The summed E-state index contributed by atoms with van der Waals surface area (Å²) in [4.78, 5) is 10.7. The molecule has 1 fully saturated rings. The molecule has 0 amide bonds. The highest BCUT2D eigenvalue weighted by Crippen LogP contribution is 2.23. The fourth-order valence-electron chi connectivity index (χ4n) is 2.11. The standard InChI is InChI=1S/C13H16FNO3/c1-8-3-2-4-10(14)12(8)15-7-9-5-6-11(18-9)13(16)17/h2-4,9,11,15H,5-7H2,1H3,(H,16,17). The van der Waals surface area contributed by atoms with E-state index in [1.54, 1.807) is 6.07 Å². The lowest BCUT2D eigenvalue weighted by molar-refractivity contribution is -0.149. The van der Waals surface area contributed by atoms with Crippen LogP contribution in [0.25, 0.3) is 0 Å². The SMILES string of the molecule is Cc1cccc(F)c1NCC1CCC(C(=O)O)O1. The molecule has 0 bridgehead atoms. The number of carboxylic acid groups (broad SMARTS) is 1. The molecule has 0 spiro atoms. The van der Waals surface area contributed by atoms with Gasteiger partial charge in [0.15, 0.2) is 6.10 Å². The summed E-state index contributed by atoms with van der Waals surface area (Å²) in [5, 5.41) is 11.8. The van der Waals surface area contributed by atoms with Crippen LogP contribution in [0.1, 0.15) is 18.4 Å². The van der Waals surface area contributed by atoms with Crippen LogP contribution in [0.15, 0.2) is 18.2 Å². The number of ether oxygens (including phenoxy) is 1. The number of aliphatic carboxylic acids is 1. The zero-order valence-corrected chi connectivity index (χ0v) is 10.1. The van der Waals surface area contributed by atoms with E-state index in [1.165, 1.54) is 6.07 Å². The van der Waals surface area contributed by atoms with Crippen LogP contribution in [0.5, 0.6) is 0 Å². The molecule has 1 aliphatic rings. The van der Waals surface area contributed by atoms with Gasteiger partial charge in [0.25, 0.3) is 0 Å². The summed E-state index contributed by atoms with van der Waals surface area (Å²) in [6.07, 6.45) is 0.290. The van der Waals surface area contributed by atoms with Crippen LogP contribution >= 0.6 is 0 Å². The minimum absolute atomic E-state index is 0.176. The van der Waals surface area contributed by atoms with Gasteiger partial charge in [0.1, 0.15) is 5.82 Å². The van der Waals surface area contributed by atoms with Gasteiger partial charge in [-0.05, 0) is 31.4 Å². The van der Waals surface area contributed by atoms with E-state index in [-0.39, 0.29) is 11.9 Å². The Kier molecular flexibility index (Phi) is 3.81. The predicted molar refractivity (Wildman–Crippen MR) is 65.2 cm³/mol. The molecule has 1 saturated heterocycles. The number of anilines is 1. The summed E-state index contributed by atoms with van der Waals surface area (Å²) >= 11 is 0. The van der Waals surface area contributed by atoms with Crippen molar-refractivity contribution in [1.82, 2.24) is 0 Å². The van der Waals surface area contributed by atoms with Crippen LogP contribution in [0.3, 0.4) is 0 Å². The average Bonchev–Trinajstić information content (AvgIpc) is 2.77. The van der Waals surface area contributed by atoms with Gasteiger partial charge >= 0.3 is 5.97 Å². The van der Waals surface area contributed by atoms with Gasteiger partial charge in [-0.15, -0.1) is 0 Å². The molecule has 2 atom stereocenters. The van der Waals surface area contributed by atoms with Crippen molar-refractivity contribution in [3.05, 3.63) is 29.6 Å². The van der Waals surface area contributed by atoms with Crippen molar-refractivity contribution in [2.24, 2.45) is 0 Å². The number of halogens is 1. The summed E-state index contributed by atoms with van der Waals surface area (Å²) in [5.41, 5.74) is 1.28. The van der Waals surface area contributed by atoms with E-state index >= 15 is 0 Å². The number of para-hydroxylation sites is 1. The number of carbonyl (C=O) groups is 1. The van der Waals surface area contributed by atoms with Crippen molar-refractivity contribution in [3.8, 4) is 0 Å². The molecule has 5 heteroatoms. The molecular weight excluding hydrogens is 237 g/mol. The lowest BCUT2D eigenvalue weighted by atomic mass is 10.1. The largest absolute Gasteiger partial charge is 0.479 e. The summed E-state index contributed by atoms with van der Waals surface area (Å²) in [7, 11) is 0. The smallest absolute Gasteiger partial charge is 0.332 e. The Morgan fingerprint density at radius 1 is 1.56 bits per heavy atom. The van der Waals surface area contributed by atoms with Crippen molar-refractivity contribution >= 4 is 11.7 Å². The van der Waals surface area contributed by atoms with E-state index in [4.69, 9.17) is 9.84 Å². The maximum Gasteiger partial charge on any atom is 0.332 e. The summed E-state index contributed by atoms with van der Waals surface area (Å²) in [6.45, 7) is 2.24. The Morgan fingerprint density at radius 3 is 2.94 bits per heavy atom. The Balaban J connectivity index is 1.91. The Hall–Kier alpha value is -1.62. The van der Waals surface area contributed by atoms with E-state index in [0.29, 0.717) is 25.1 Å². The number of hydrogen-bond acceptors (Lipinski definition) is 3. The van der Waals surface area contributed by atoms with E-state index in [9.17, 15) is 9.18 Å². The number of hydrogen-bond donors (Lipinski definition) is 2. The second kappa shape index (κ2) is 5.35. The molecule has 4 nitrogen and oxygen atoms in total. The molecule has 1 aromatic carbocycles. The molecule has 18 heavy (non-hydrogen) atoms. The molecule has 0 radical (unpaired) electrons. The minimum Gasteiger partial charge on any atom is -0.479 e. The molecule has 2 rings (SSSR count). The third kappa shape index (κ3) is 2.79. The molecule has 2 N–H and O–H groups in total. The fraction of sp³-hybridized carbons (Fsp3) is 0.462. The van der Waals surface area contributed by atoms with Gasteiger partial charge < -0.3 is 15.2 Å². The highest BCUT2D eigenvalue weighted by molar-refractivity contribution is 5.72. The number of nitrogens with one attached hydrogen (secondary N) is 1. The van der Waals surface area contributed by atoms with E-state index in [1.807, 2.05) is 13.0 Å². The van der Waals surface area contributed by atoms with Gasteiger partial charge in [0.2, 0.25) is 0 Å². The highest BCUT2D eigenvalue weighted by atomic mass is 19.1. The highest BCUT2D eigenvalue weighted by Gasteiger charge is 2.30. The fourth-order valence-corrected chi connectivity index (χ4v) is 2.11. The van der Waals surface area contributed by atoms with Crippen LogP contribution in [0.2, 0.25) is 0 Å². The third-order valence-corrected chi connectivity index (χ3v) is 3.11. The van der Waals surface area contributed by atoms with Crippen molar-refractivity contribution in [2.45, 2.75) is 32.0 Å². The van der Waals surface area contributed by atoms with Crippen molar-refractivity contribution in [3.63, 3.8) is 0 Å². The Morgan fingerprint density at radius 2 is 2.33 bits per heavy atom. The lowest BCUT2D eigenvalue weighted by Gasteiger charge is -2.15. The number of benzene rings is 1. The second-order valence-corrected chi connectivity index (χ2v) is 4.47. The first-order chi connectivity index (χ1) is 8.58. The maximum atomic E-state index is 13.5. The molecule has 2 unspecified atom stereocenters. The molecule has 1 heterocycles. The third-order valence-electron chi connectivity index (χ3n) is 3.11. The second-order valence-electron chi connectivity index (χ2n) is 4.47. The first-order valence-electron chi connectivity index (χ1n) is 5.95. The zero-order valence-electron chi connectivity index (χ0n) is 10.1.